The number of rotatable bonds is 4. The van der Waals surface area contributed by atoms with Crippen LogP contribution in [-0.4, -0.2) is 30.4 Å². The topological polar surface area (TPSA) is 69.7 Å². The van der Waals surface area contributed by atoms with Gasteiger partial charge in [-0.25, -0.2) is 0 Å². The number of aldehydes is 1. The summed E-state index contributed by atoms with van der Waals surface area (Å²) >= 11 is 0. The molecular formula is C26H38O5. The summed E-state index contributed by atoms with van der Waals surface area (Å²) in [5.74, 6) is 1.66. The van der Waals surface area contributed by atoms with Crippen LogP contribution < -0.4 is 0 Å². The van der Waals surface area contributed by atoms with Gasteiger partial charge < -0.3 is 14.3 Å². The molecule has 3 fully saturated rings. The van der Waals surface area contributed by atoms with Gasteiger partial charge in [-0.15, -0.1) is 0 Å². The number of hydrogen-bond donors (Lipinski definition) is 0. The first-order chi connectivity index (χ1) is 14.6. The van der Waals surface area contributed by atoms with Gasteiger partial charge in [-0.3, -0.25) is 9.59 Å². The number of allylic oxidation sites excluding steroid dienone is 1. The molecule has 0 spiro atoms. The highest BCUT2D eigenvalue weighted by molar-refractivity contribution is 5.67. The van der Waals surface area contributed by atoms with E-state index in [9.17, 15) is 14.4 Å². The lowest BCUT2D eigenvalue weighted by atomic mass is 9.46. The minimum Gasteiger partial charge on any atom is -0.462 e. The van der Waals surface area contributed by atoms with E-state index in [4.69, 9.17) is 9.47 Å². The third kappa shape index (κ3) is 3.56. The zero-order chi connectivity index (χ0) is 22.6. The van der Waals surface area contributed by atoms with E-state index in [1.54, 1.807) is 0 Å². The zero-order valence-electron chi connectivity index (χ0n) is 19.7. The van der Waals surface area contributed by atoms with Crippen molar-refractivity contribution in [1.29, 1.82) is 0 Å². The molecule has 0 radical (unpaired) electrons. The van der Waals surface area contributed by atoms with Gasteiger partial charge in [0.15, 0.2) is 0 Å². The van der Waals surface area contributed by atoms with E-state index in [-0.39, 0.29) is 40.9 Å². The zero-order valence-corrected chi connectivity index (χ0v) is 19.7. The van der Waals surface area contributed by atoms with Crippen LogP contribution in [0.2, 0.25) is 0 Å². The lowest BCUT2D eigenvalue weighted by Gasteiger charge is -2.59. The fraction of sp³-hybridized carbons (Fsp3) is 0.808. The Morgan fingerprint density at radius 3 is 2.45 bits per heavy atom. The van der Waals surface area contributed by atoms with Crippen molar-refractivity contribution < 1.29 is 23.9 Å². The standard InChI is InChI=1S/C26H38O5/c1-15(14-27)21-8-9-22-20-7-6-18-12-19(30-16(2)28)13-24(31-17(3)29)26(18,5)23(20)10-11-25(21,22)4/h6,14-15,19-24H,7-13H2,1-5H3/t15-,19?,20+,21-,22+,23+,24?,25-,26+/m1/s1. The molecule has 0 heterocycles. The van der Waals surface area contributed by atoms with Crippen molar-refractivity contribution >= 4 is 18.2 Å². The highest BCUT2D eigenvalue weighted by Crippen LogP contribution is 2.67. The molecule has 5 heteroatoms. The first-order valence-corrected chi connectivity index (χ1v) is 12.1. The van der Waals surface area contributed by atoms with Crippen LogP contribution in [0.4, 0.5) is 0 Å². The van der Waals surface area contributed by atoms with Gasteiger partial charge in [-0.05, 0) is 61.2 Å². The first kappa shape index (κ1) is 22.5. The molecule has 0 bridgehead atoms. The monoisotopic (exact) mass is 430 g/mol. The number of ether oxygens (including phenoxy) is 2. The van der Waals surface area contributed by atoms with Gasteiger partial charge in [-0.2, -0.15) is 0 Å². The summed E-state index contributed by atoms with van der Waals surface area (Å²) in [5, 5.41) is 0. The third-order valence-electron chi connectivity index (χ3n) is 9.69. The molecular weight excluding hydrogens is 392 g/mol. The second-order valence-corrected chi connectivity index (χ2v) is 11.1. The molecule has 31 heavy (non-hydrogen) atoms. The van der Waals surface area contributed by atoms with E-state index in [1.165, 1.54) is 25.8 Å². The normalized spacial score (nSPS) is 44.7. The molecule has 9 atom stereocenters. The Balaban J connectivity index is 1.66. The molecule has 2 unspecified atom stereocenters. The molecule has 172 valence electrons. The van der Waals surface area contributed by atoms with E-state index < -0.39 is 0 Å². The maximum atomic E-state index is 12.0. The van der Waals surface area contributed by atoms with Gasteiger partial charge in [0.25, 0.3) is 0 Å². The van der Waals surface area contributed by atoms with Crippen molar-refractivity contribution in [2.45, 2.75) is 91.8 Å². The summed E-state index contributed by atoms with van der Waals surface area (Å²) in [7, 11) is 0. The summed E-state index contributed by atoms with van der Waals surface area (Å²) in [4.78, 5) is 35.2. The van der Waals surface area contributed by atoms with Crippen LogP contribution in [0.5, 0.6) is 0 Å². The molecule has 0 saturated heterocycles. The fourth-order valence-corrected chi connectivity index (χ4v) is 8.35. The summed E-state index contributed by atoms with van der Waals surface area (Å²) in [6, 6.07) is 0. The predicted molar refractivity (Wildman–Crippen MR) is 117 cm³/mol. The molecule has 4 rings (SSSR count). The van der Waals surface area contributed by atoms with Crippen molar-refractivity contribution in [2.24, 2.45) is 40.4 Å². The van der Waals surface area contributed by atoms with Crippen LogP contribution in [0.15, 0.2) is 11.6 Å². The summed E-state index contributed by atoms with van der Waals surface area (Å²) in [5.41, 5.74) is 1.31. The molecule has 5 nitrogen and oxygen atoms in total. The van der Waals surface area contributed by atoms with Crippen molar-refractivity contribution in [2.75, 3.05) is 0 Å². The largest absolute Gasteiger partial charge is 0.462 e. The second-order valence-electron chi connectivity index (χ2n) is 11.1. The quantitative estimate of drug-likeness (QED) is 0.361. The predicted octanol–water partition coefficient (Wildman–Crippen LogP) is 4.87. The number of hydrogen-bond acceptors (Lipinski definition) is 5. The minimum atomic E-state index is -0.279. The SMILES string of the molecule is CC(=O)OC1CC2=CC[C@H]3[C@@H]4CC[C@H]([C@H](C)C=O)[C@@]4(C)CC[C@@H]3[C@@]2(C)C(OC(C)=O)C1. The first-order valence-electron chi connectivity index (χ1n) is 12.1. The van der Waals surface area contributed by atoms with Gasteiger partial charge in [0.1, 0.15) is 18.5 Å². The van der Waals surface area contributed by atoms with E-state index in [0.717, 1.165) is 38.4 Å². The maximum Gasteiger partial charge on any atom is 0.302 e. The van der Waals surface area contributed by atoms with Crippen LogP contribution >= 0.6 is 0 Å². The lowest BCUT2D eigenvalue weighted by molar-refractivity contribution is -0.172. The Hall–Kier alpha value is -1.65. The summed E-state index contributed by atoms with van der Waals surface area (Å²) < 4.78 is 11.5. The van der Waals surface area contributed by atoms with E-state index >= 15 is 0 Å². The van der Waals surface area contributed by atoms with Crippen molar-refractivity contribution in [3.8, 4) is 0 Å². The average molecular weight is 431 g/mol. The Labute approximate surface area is 186 Å². The van der Waals surface area contributed by atoms with Crippen molar-refractivity contribution in [1.82, 2.24) is 0 Å². The average Bonchev–Trinajstić information content (AvgIpc) is 3.04. The van der Waals surface area contributed by atoms with Gasteiger partial charge in [0.2, 0.25) is 0 Å². The molecule has 0 aliphatic heterocycles. The van der Waals surface area contributed by atoms with E-state index in [1.807, 2.05) is 0 Å². The van der Waals surface area contributed by atoms with Crippen LogP contribution in [-0.2, 0) is 23.9 Å². The highest BCUT2D eigenvalue weighted by Gasteiger charge is 2.62. The molecule has 0 amide bonds. The molecule has 4 aliphatic carbocycles. The Morgan fingerprint density at radius 2 is 1.81 bits per heavy atom. The second kappa shape index (κ2) is 8.04. The fourth-order valence-electron chi connectivity index (χ4n) is 8.35. The molecule has 0 aromatic heterocycles. The molecule has 0 aromatic carbocycles. The Bertz CT molecular complexity index is 787. The minimum absolute atomic E-state index is 0.116. The Morgan fingerprint density at radius 1 is 1.10 bits per heavy atom. The molecule has 0 aromatic rings. The summed E-state index contributed by atoms with van der Waals surface area (Å²) in [6.45, 7) is 9.72. The van der Waals surface area contributed by atoms with Crippen LogP contribution in [0, 0.1) is 40.4 Å². The van der Waals surface area contributed by atoms with Gasteiger partial charge in [0.05, 0.1) is 0 Å². The van der Waals surface area contributed by atoms with Crippen LogP contribution in [0.1, 0.15) is 79.6 Å². The number of fused-ring (bicyclic) bond motifs is 5. The van der Waals surface area contributed by atoms with Gasteiger partial charge in [0, 0.05) is 38.0 Å². The van der Waals surface area contributed by atoms with Crippen molar-refractivity contribution in [3.05, 3.63) is 11.6 Å². The Kier molecular flexibility index (Phi) is 5.85. The molecule has 3 saturated carbocycles. The summed E-state index contributed by atoms with van der Waals surface area (Å²) in [6.07, 6.45) is 9.94. The smallest absolute Gasteiger partial charge is 0.302 e. The highest BCUT2D eigenvalue weighted by atomic mass is 16.6. The van der Waals surface area contributed by atoms with Crippen LogP contribution in [0.3, 0.4) is 0 Å². The van der Waals surface area contributed by atoms with E-state index in [0.29, 0.717) is 30.1 Å². The number of carbonyl (C=O) groups excluding carboxylic acids is 3. The third-order valence-corrected chi connectivity index (χ3v) is 9.69. The van der Waals surface area contributed by atoms with Crippen LogP contribution in [0.25, 0.3) is 0 Å². The lowest BCUT2D eigenvalue weighted by Crippen LogP contribution is -2.57. The van der Waals surface area contributed by atoms with Gasteiger partial charge >= 0.3 is 11.9 Å². The number of carbonyl (C=O) groups is 3. The van der Waals surface area contributed by atoms with E-state index in [2.05, 4.69) is 26.8 Å². The molecule has 4 aliphatic rings. The number of esters is 2. The van der Waals surface area contributed by atoms with Crippen molar-refractivity contribution in [3.63, 3.8) is 0 Å². The van der Waals surface area contributed by atoms with Gasteiger partial charge in [-0.1, -0.05) is 32.4 Å². The molecule has 0 N–H and O–H groups in total. The maximum absolute atomic E-state index is 12.0.